The van der Waals surface area contributed by atoms with Crippen LogP contribution in [0.25, 0.3) is 10.9 Å². The number of nitrogens with one attached hydrogen (secondary N) is 1. The standard InChI is InChI=1S/C24H21FN2O2/c25-19-10-6-9-18(13-19)14-26-23(24(28)29)21-16-27(15-17-7-2-1-3-8-17)22-12-5-4-11-20(21)22/h1-13,16,23,26H,14-15H2,(H,28,29). The molecule has 146 valence electrons. The predicted octanol–water partition coefficient (Wildman–Crippen LogP) is 4.74. The number of aliphatic carboxylic acids is 1. The fraction of sp³-hybridized carbons (Fsp3) is 0.125. The number of hydrogen-bond acceptors (Lipinski definition) is 2. The first kappa shape index (κ1) is 18.9. The van der Waals surface area contributed by atoms with E-state index < -0.39 is 12.0 Å². The zero-order chi connectivity index (χ0) is 20.2. The molecular weight excluding hydrogens is 367 g/mol. The smallest absolute Gasteiger partial charge is 0.325 e. The second-order valence-electron chi connectivity index (χ2n) is 7.00. The molecule has 3 aromatic carbocycles. The van der Waals surface area contributed by atoms with Gasteiger partial charge in [0.25, 0.3) is 0 Å². The summed E-state index contributed by atoms with van der Waals surface area (Å²) in [6.45, 7) is 0.907. The zero-order valence-corrected chi connectivity index (χ0v) is 15.8. The minimum Gasteiger partial charge on any atom is -0.480 e. The largest absolute Gasteiger partial charge is 0.480 e. The Balaban J connectivity index is 1.67. The van der Waals surface area contributed by atoms with Crippen molar-refractivity contribution in [1.29, 1.82) is 0 Å². The molecular formula is C24H21FN2O2. The summed E-state index contributed by atoms with van der Waals surface area (Å²) < 4.78 is 15.5. The molecule has 0 saturated carbocycles. The third-order valence-electron chi connectivity index (χ3n) is 4.97. The predicted molar refractivity (Wildman–Crippen MR) is 111 cm³/mol. The Hall–Kier alpha value is -3.44. The first-order valence-electron chi connectivity index (χ1n) is 9.44. The van der Waals surface area contributed by atoms with Crippen molar-refractivity contribution in [3.05, 3.63) is 108 Å². The molecule has 0 amide bonds. The molecule has 4 aromatic rings. The van der Waals surface area contributed by atoms with Crippen molar-refractivity contribution in [2.75, 3.05) is 0 Å². The fourth-order valence-electron chi connectivity index (χ4n) is 3.61. The third-order valence-corrected chi connectivity index (χ3v) is 4.97. The van der Waals surface area contributed by atoms with Crippen molar-refractivity contribution in [1.82, 2.24) is 9.88 Å². The van der Waals surface area contributed by atoms with Crippen molar-refractivity contribution >= 4 is 16.9 Å². The number of fused-ring (bicyclic) bond motifs is 1. The third kappa shape index (κ3) is 4.20. The molecule has 0 aliphatic heterocycles. The lowest BCUT2D eigenvalue weighted by molar-refractivity contribution is -0.139. The van der Waals surface area contributed by atoms with Crippen LogP contribution in [0.15, 0.2) is 85.1 Å². The van der Waals surface area contributed by atoms with Crippen molar-refractivity contribution < 1.29 is 14.3 Å². The summed E-state index contributed by atoms with van der Waals surface area (Å²) >= 11 is 0. The molecule has 29 heavy (non-hydrogen) atoms. The number of carbonyl (C=O) groups is 1. The van der Waals surface area contributed by atoms with Gasteiger partial charge in [0.1, 0.15) is 11.9 Å². The lowest BCUT2D eigenvalue weighted by atomic mass is 10.1. The molecule has 5 heteroatoms. The first-order valence-corrected chi connectivity index (χ1v) is 9.44. The Morgan fingerprint density at radius 2 is 1.69 bits per heavy atom. The van der Waals surface area contributed by atoms with Gasteiger partial charge in [-0.25, -0.2) is 4.39 Å². The Bertz CT molecular complexity index is 1140. The topological polar surface area (TPSA) is 54.3 Å². The lowest BCUT2D eigenvalue weighted by Crippen LogP contribution is -2.28. The van der Waals surface area contributed by atoms with Gasteiger partial charge in [0.2, 0.25) is 0 Å². The van der Waals surface area contributed by atoms with E-state index in [1.54, 1.807) is 12.1 Å². The normalized spacial score (nSPS) is 12.2. The quantitative estimate of drug-likeness (QED) is 0.481. The van der Waals surface area contributed by atoms with E-state index in [-0.39, 0.29) is 12.4 Å². The number of benzene rings is 3. The summed E-state index contributed by atoms with van der Waals surface area (Å²) in [5, 5.41) is 13.8. The van der Waals surface area contributed by atoms with Gasteiger partial charge in [0, 0.05) is 35.8 Å². The maximum Gasteiger partial charge on any atom is 0.325 e. The Labute approximate surface area is 168 Å². The molecule has 0 fully saturated rings. The average Bonchev–Trinajstić information content (AvgIpc) is 3.07. The summed E-state index contributed by atoms with van der Waals surface area (Å²) in [6.07, 6.45) is 1.90. The molecule has 1 unspecified atom stereocenters. The van der Waals surface area contributed by atoms with Gasteiger partial charge < -0.3 is 9.67 Å². The first-order chi connectivity index (χ1) is 14.1. The van der Waals surface area contributed by atoms with E-state index in [0.29, 0.717) is 17.7 Å². The van der Waals surface area contributed by atoms with Gasteiger partial charge in [-0.05, 0) is 29.3 Å². The van der Waals surface area contributed by atoms with Crippen LogP contribution in [0.3, 0.4) is 0 Å². The van der Waals surface area contributed by atoms with Crippen LogP contribution >= 0.6 is 0 Å². The minimum absolute atomic E-state index is 0.257. The molecule has 1 heterocycles. The molecule has 4 nitrogen and oxygen atoms in total. The number of nitrogens with zero attached hydrogens (tertiary/aromatic N) is 1. The zero-order valence-electron chi connectivity index (χ0n) is 15.8. The summed E-state index contributed by atoms with van der Waals surface area (Å²) in [7, 11) is 0. The van der Waals surface area contributed by atoms with Crippen LogP contribution in [-0.4, -0.2) is 15.6 Å². The van der Waals surface area contributed by atoms with E-state index in [1.807, 2.05) is 60.8 Å². The van der Waals surface area contributed by atoms with Gasteiger partial charge in [-0.15, -0.1) is 0 Å². The van der Waals surface area contributed by atoms with Crippen molar-refractivity contribution in [3.8, 4) is 0 Å². The number of halogens is 1. The molecule has 1 atom stereocenters. The van der Waals surface area contributed by atoms with Crippen LogP contribution in [0.4, 0.5) is 4.39 Å². The van der Waals surface area contributed by atoms with Crippen molar-refractivity contribution in [2.45, 2.75) is 19.1 Å². The van der Waals surface area contributed by atoms with Crippen LogP contribution in [0.5, 0.6) is 0 Å². The van der Waals surface area contributed by atoms with Crippen LogP contribution in [0.1, 0.15) is 22.7 Å². The van der Waals surface area contributed by atoms with E-state index in [2.05, 4.69) is 9.88 Å². The molecule has 0 aliphatic rings. The molecule has 1 aromatic heterocycles. The highest BCUT2D eigenvalue weighted by Gasteiger charge is 2.24. The molecule has 0 spiro atoms. The summed E-state index contributed by atoms with van der Waals surface area (Å²) in [6, 6.07) is 23.1. The molecule has 2 N–H and O–H groups in total. The summed E-state index contributed by atoms with van der Waals surface area (Å²) in [4.78, 5) is 12.1. The minimum atomic E-state index is -0.969. The number of hydrogen-bond donors (Lipinski definition) is 2. The molecule has 4 rings (SSSR count). The average molecular weight is 388 g/mol. The van der Waals surface area contributed by atoms with Crippen molar-refractivity contribution in [2.24, 2.45) is 0 Å². The number of aromatic nitrogens is 1. The number of rotatable bonds is 7. The maximum atomic E-state index is 13.4. The Kier molecular flexibility index (Phi) is 5.40. The second-order valence-corrected chi connectivity index (χ2v) is 7.00. The summed E-state index contributed by atoms with van der Waals surface area (Å²) in [5.74, 6) is -1.31. The molecule has 0 aliphatic carbocycles. The highest BCUT2D eigenvalue weighted by molar-refractivity contribution is 5.89. The van der Waals surface area contributed by atoms with E-state index >= 15 is 0 Å². The SMILES string of the molecule is O=C(O)C(NCc1cccc(F)c1)c1cn(Cc2ccccc2)c2ccccc12. The summed E-state index contributed by atoms with van der Waals surface area (Å²) in [5.41, 5.74) is 3.51. The number of carboxylic acids is 1. The highest BCUT2D eigenvalue weighted by Crippen LogP contribution is 2.28. The van der Waals surface area contributed by atoms with Crippen LogP contribution in [-0.2, 0) is 17.9 Å². The fourth-order valence-corrected chi connectivity index (χ4v) is 3.61. The van der Waals surface area contributed by atoms with Crippen LogP contribution in [0.2, 0.25) is 0 Å². The second kappa shape index (κ2) is 8.29. The van der Waals surface area contributed by atoms with Gasteiger partial charge >= 0.3 is 5.97 Å². The highest BCUT2D eigenvalue weighted by atomic mass is 19.1. The molecule has 0 saturated heterocycles. The van der Waals surface area contributed by atoms with Gasteiger partial charge in [0.05, 0.1) is 0 Å². The van der Waals surface area contributed by atoms with Crippen molar-refractivity contribution in [3.63, 3.8) is 0 Å². The number of carboxylic acid groups (broad SMARTS) is 1. The molecule has 0 bridgehead atoms. The number of para-hydroxylation sites is 1. The lowest BCUT2D eigenvalue weighted by Gasteiger charge is -2.14. The van der Waals surface area contributed by atoms with Crippen LogP contribution in [0, 0.1) is 5.82 Å². The van der Waals surface area contributed by atoms with E-state index in [9.17, 15) is 14.3 Å². The van der Waals surface area contributed by atoms with Gasteiger partial charge in [-0.3, -0.25) is 10.1 Å². The van der Waals surface area contributed by atoms with Crippen LogP contribution < -0.4 is 5.32 Å². The maximum absolute atomic E-state index is 13.4. The molecule has 0 radical (unpaired) electrons. The van der Waals surface area contributed by atoms with Gasteiger partial charge in [0.15, 0.2) is 0 Å². The van der Waals surface area contributed by atoms with Gasteiger partial charge in [-0.2, -0.15) is 0 Å². The Morgan fingerprint density at radius 3 is 2.45 bits per heavy atom. The van der Waals surface area contributed by atoms with Gasteiger partial charge in [-0.1, -0.05) is 60.7 Å². The van der Waals surface area contributed by atoms with E-state index in [1.165, 1.54) is 12.1 Å². The monoisotopic (exact) mass is 388 g/mol. The van der Waals surface area contributed by atoms with E-state index in [0.717, 1.165) is 16.5 Å². The Morgan fingerprint density at radius 1 is 0.966 bits per heavy atom. The van der Waals surface area contributed by atoms with E-state index in [4.69, 9.17) is 0 Å².